The fourth-order valence-electron chi connectivity index (χ4n) is 2.73. The zero-order valence-corrected chi connectivity index (χ0v) is 10.9. The third-order valence-corrected chi connectivity index (χ3v) is 3.72. The summed E-state index contributed by atoms with van der Waals surface area (Å²) in [6.07, 6.45) is 1.86. The van der Waals surface area contributed by atoms with Crippen LogP contribution in [0.4, 0.5) is 0 Å². The number of H-pyrrole nitrogens is 1. The first-order valence-corrected chi connectivity index (χ1v) is 6.63. The van der Waals surface area contributed by atoms with Crippen molar-refractivity contribution in [3.63, 3.8) is 0 Å². The predicted octanol–water partition coefficient (Wildman–Crippen LogP) is 0.923. The Morgan fingerprint density at radius 2 is 2.16 bits per heavy atom. The molecule has 1 aromatic carbocycles. The lowest BCUT2D eigenvalue weighted by Crippen LogP contribution is -2.43. The molecule has 1 fully saturated rings. The van der Waals surface area contributed by atoms with E-state index in [1.165, 1.54) is 4.57 Å². The van der Waals surface area contributed by atoms with Crippen LogP contribution in [0.1, 0.15) is 24.4 Å². The highest BCUT2D eigenvalue weighted by Crippen LogP contribution is 2.14. The average molecular weight is 259 g/mol. The maximum atomic E-state index is 12.5. The molecule has 100 valence electrons. The first-order valence-electron chi connectivity index (χ1n) is 6.63. The second-order valence-corrected chi connectivity index (χ2v) is 5.15. The highest BCUT2D eigenvalue weighted by molar-refractivity contribution is 5.77. The highest BCUT2D eigenvalue weighted by atomic mass is 16.2. The Labute approximate surface area is 110 Å². The predicted molar refractivity (Wildman–Crippen MR) is 74.7 cm³/mol. The van der Waals surface area contributed by atoms with Crippen molar-refractivity contribution in [1.82, 2.24) is 14.9 Å². The molecule has 1 aromatic heterocycles. The summed E-state index contributed by atoms with van der Waals surface area (Å²) in [4.78, 5) is 27.4. The van der Waals surface area contributed by atoms with Crippen molar-refractivity contribution < 1.29 is 0 Å². The van der Waals surface area contributed by atoms with Crippen molar-refractivity contribution >= 4 is 10.9 Å². The van der Waals surface area contributed by atoms with Gasteiger partial charge in [-0.3, -0.25) is 9.36 Å². The second kappa shape index (κ2) is 4.66. The van der Waals surface area contributed by atoms with E-state index in [0.717, 1.165) is 24.9 Å². The van der Waals surface area contributed by atoms with Gasteiger partial charge < -0.3 is 10.3 Å². The third kappa shape index (κ3) is 2.10. The number of fused-ring (bicyclic) bond motifs is 1. The van der Waals surface area contributed by atoms with Gasteiger partial charge in [0.25, 0.3) is 5.56 Å². The highest BCUT2D eigenvalue weighted by Gasteiger charge is 2.19. The fraction of sp³-hybridized carbons (Fsp3) is 0.429. The van der Waals surface area contributed by atoms with Crippen LogP contribution >= 0.6 is 0 Å². The van der Waals surface area contributed by atoms with Gasteiger partial charge in [-0.2, -0.15) is 0 Å². The number of aromatic nitrogens is 2. The van der Waals surface area contributed by atoms with Gasteiger partial charge in [-0.1, -0.05) is 11.6 Å². The number of nitrogens with one attached hydrogen (secondary N) is 2. The van der Waals surface area contributed by atoms with E-state index in [1.807, 2.05) is 19.1 Å². The number of piperidine rings is 1. The lowest BCUT2D eigenvalue weighted by atomic mass is 10.1. The zero-order chi connectivity index (χ0) is 13.4. The SMILES string of the molecule is Cc1ccc2[nH]c(=O)n(C3CCCNC3)c(=O)c2c1. The molecule has 1 atom stereocenters. The van der Waals surface area contributed by atoms with Crippen molar-refractivity contribution in [2.24, 2.45) is 0 Å². The van der Waals surface area contributed by atoms with Crippen LogP contribution in [0.25, 0.3) is 10.9 Å². The van der Waals surface area contributed by atoms with Crippen LogP contribution in [0, 0.1) is 6.92 Å². The summed E-state index contributed by atoms with van der Waals surface area (Å²) in [7, 11) is 0. The van der Waals surface area contributed by atoms with Crippen molar-refractivity contribution in [2.75, 3.05) is 13.1 Å². The van der Waals surface area contributed by atoms with Gasteiger partial charge in [0, 0.05) is 6.54 Å². The van der Waals surface area contributed by atoms with E-state index in [-0.39, 0.29) is 17.3 Å². The van der Waals surface area contributed by atoms with Crippen molar-refractivity contribution in [3.8, 4) is 0 Å². The number of rotatable bonds is 1. The Morgan fingerprint density at radius 1 is 1.32 bits per heavy atom. The van der Waals surface area contributed by atoms with Gasteiger partial charge in [-0.25, -0.2) is 4.79 Å². The van der Waals surface area contributed by atoms with Gasteiger partial charge in [-0.15, -0.1) is 0 Å². The summed E-state index contributed by atoms with van der Waals surface area (Å²) in [5, 5.41) is 3.82. The molecule has 0 saturated carbocycles. The lowest BCUT2D eigenvalue weighted by Gasteiger charge is -2.24. The molecule has 2 heterocycles. The maximum absolute atomic E-state index is 12.5. The van der Waals surface area contributed by atoms with E-state index in [2.05, 4.69) is 10.3 Å². The van der Waals surface area contributed by atoms with Crippen LogP contribution in [0.5, 0.6) is 0 Å². The Morgan fingerprint density at radius 3 is 2.89 bits per heavy atom. The standard InChI is InChI=1S/C14H17N3O2/c1-9-4-5-12-11(7-9)13(18)17(14(19)16-12)10-3-2-6-15-8-10/h4-5,7,10,15H,2-3,6,8H2,1H3,(H,16,19). The molecular formula is C14H17N3O2. The van der Waals surface area contributed by atoms with Gasteiger partial charge >= 0.3 is 5.69 Å². The second-order valence-electron chi connectivity index (χ2n) is 5.15. The minimum atomic E-state index is -0.310. The van der Waals surface area contributed by atoms with Gasteiger partial charge in [0.05, 0.1) is 16.9 Å². The number of nitrogens with zero attached hydrogens (tertiary/aromatic N) is 1. The third-order valence-electron chi connectivity index (χ3n) is 3.72. The summed E-state index contributed by atoms with van der Waals surface area (Å²) in [5.74, 6) is 0. The Hall–Kier alpha value is -1.88. The Bertz CT molecular complexity index is 724. The molecule has 0 spiro atoms. The average Bonchev–Trinajstić information content (AvgIpc) is 2.41. The van der Waals surface area contributed by atoms with E-state index < -0.39 is 0 Å². The van der Waals surface area contributed by atoms with E-state index in [9.17, 15) is 9.59 Å². The number of aromatic amines is 1. The maximum Gasteiger partial charge on any atom is 0.329 e. The largest absolute Gasteiger partial charge is 0.329 e. The summed E-state index contributed by atoms with van der Waals surface area (Å²) in [6, 6.07) is 5.47. The molecule has 0 aliphatic carbocycles. The summed E-state index contributed by atoms with van der Waals surface area (Å²) in [6.45, 7) is 3.58. The number of benzene rings is 1. The minimum absolute atomic E-state index is 0.0464. The molecular weight excluding hydrogens is 242 g/mol. The van der Waals surface area contributed by atoms with Gasteiger partial charge in [-0.05, 0) is 38.4 Å². The van der Waals surface area contributed by atoms with E-state index >= 15 is 0 Å². The molecule has 1 unspecified atom stereocenters. The number of aryl methyl sites for hydroxylation is 1. The normalized spacial score (nSPS) is 19.7. The minimum Gasteiger partial charge on any atom is -0.315 e. The molecule has 3 rings (SSSR count). The molecule has 5 heteroatoms. The Balaban J connectivity index is 2.24. The Kier molecular flexibility index (Phi) is 2.98. The molecule has 0 radical (unpaired) electrons. The molecule has 1 saturated heterocycles. The molecule has 0 amide bonds. The monoisotopic (exact) mass is 259 g/mol. The number of hydrogen-bond donors (Lipinski definition) is 2. The van der Waals surface area contributed by atoms with Crippen LogP contribution in [0.3, 0.4) is 0 Å². The van der Waals surface area contributed by atoms with E-state index in [4.69, 9.17) is 0 Å². The molecule has 2 aromatic rings. The quantitative estimate of drug-likeness (QED) is 0.800. The molecule has 19 heavy (non-hydrogen) atoms. The molecule has 1 aliphatic rings. The van der Waals surface area contributed by atoms with Crippen LogP contribution < -0.4 is 16.6 Å². The van der Waals surface area contributed by atoms with Crippen molar-refractivity contribution in [1.29, 1.82) is 0 Å². The molecule has 1 aliphatic heterocycles. The van der Waals surface area contributed by atoms with Crippen molar-refractivity contribution in [2.45, 2.75) is 25.8 Å². The first kappa shape index (κ1) is 12.2. The van der Waals surface area contributed by atoms with E-state index in [0.29, 0.717) is 17.4 Å². The molecule has 2 N–H and O–H groups in total. The van der Waals surface area contributed by atoms with E-state index in [1.54, 1.807) is 6.07 Å². The zero-order valence-electron chi connectivity index (χ0n) is 10.9. The lowest BCUT2D eigenvalue weighted by molar-refractivity contribution is 0.355. The van der Waals surface area contributed by atoms with Crippen LogP contribution in [-0.4, -0.2) is 22.6 Å². The summed E-state index contributed by atoms with van der Waals surface area (Å²) >= 11 is 0. The first-order chi connectivity index (χ1) is 9.16. The number of hydrogen-bond acceptors (Lipinski definition) is 3. The topological polar surface area (TPSA) is 66.9 Å². The molecule has 0 bridgehead atoms. The van der Waals surface area contributed by atoms with Gasteiger partial charge in [0.1, 0.15) is 0 Å². The van der Waals surface area contributed by atoms with Crippen LogP contribution in [0.15, 0.2) is 27.8 Å². The fourth-order valence-corrected chi connectivity index (χ4v) is 2.73. The summed E-state index contributed by atoms with van der Waals surface area (Å²) < 4.78 is 1.37. The van der Waals surface area contributed by atoms with Crippen LogP contribution in [-0.2, 0) is 0 Å². The smallest absolute Gasteiger partial charge is 0.315 e. The van der Waals surface area contributed by atoms with Crippen molar-refractivity contribution in [3.05, 3.63) is 44.6 Å². The van der Waals surface area contributed by atoms with Gasteiger partial charge in [0.2, 0.25) is 0 Å². The van der Waals surface area contributed by atoms with Crippen LogP contribution in [0.2, 0.25) is 0 Å². The summed E-state index contributed by atoms with van der Waals surface area (Å²) in [5.41, 5.74) is 1.14. The van der Waals surface area contributed by atoms with Gasteiger partial charge in [0.15, 0.2) is 0 Å². The molecule has 5 nitrogen and oxygen atoms in total.